The molecule has 1 saturated heterocycles. The quantitative estimate of drug-likeness (QED) is 0.155. The standard InChI is InChI=1S/C36H40N4O3S/c37-31-12-14-32(15-13-31)39(36(41)35-10-5-21-44-35)25-28-8-4-9-29(23-28)30-11-16-33(34(24-30)40(42)43)38-19-17-27(18-20-38)22-26-6-2-1-3-7-26/h1-11,16,21,23-24,27,31-32H,12-15,17-20,22,25,37H2. The van der Waals surface area contributed by atoms with Gasteiger partial charge in [-0.2, -0.15) is 0 Å². The van der Waals surface area contributed by atoms with Crippen LogP contribution in [-0.4, -0.2) is 40.9 Å². The van der Waals surface area contributed by atoms with Crippen molar-refractivity contribution in [3.63, 3.8) is 0 Å². The first-order chi connectivity index (χ1) is 21.4. The molecule has 2 aliphatic rings. The average Bonchev–Trinajstić information content (AvgIpc) is 3.60. The number of carbonyl (C=O) groups excluding carboxylic acids is 1. The number of nitro benzene ring substituents is 1. The first-order valence-corrected chi connectivity index (χ1v) is 16.6. The molecule has 6 rings (SSSR count). The Kier molecular flexibility index (Phi) is 9.38. The molecule has 0 atom stereocenters. The maximum atomic E-state index is 13.6. The SMILES string of the molecule is NC1CCC(N(Cc2cccc(-c3ccc(N4CCC(Cc5ccccc5)CC4)c([N+](=O)[O-])c3)c2)C(=O)c2cccs2)CC1. The summed E-state index contributed by atoms with van der Waals surface area (Å²) in [6, 6.07) is 28.4. The second-order valence-electron chi connectivity index (χ2n) is 12.3. The largest absolute Gasteiger partial charge is 0.366 e. The molecule has 0 radical (unpaired) electrons. The van der Waals surface area contributed by atoms with E-state index in [4.69, 9.17) is 5.73 Å². The minimum atomic E-state index is -0.256. The van der Waals surface area contributed by atoms with Gasteiger partial charge in [0.1, 0.15) is 5.69 Å². The summed E-state index contributed by atoms with van der Waals surface area (Å²) in [7, 11) is 0. The molecule has 8 heteroatoms. The van der Waals surface area contributed by atoms with E-state index < -0.39 is 0 Å². The van der Waals surface area contributed by atoms with Crippen LogP contribution in [0.25, 0.3) is 11.1 Å². The van der Waals surface area contributed by atoms with Gasteiger partial charge >= 0.3 is 0 Å². The van der Waals surface area contributed by atoms with Crippen molar-refractivity contribution < 1.29 is 9.72 Å². The van der Waals surface area contributed by atoms with Gasteiger partial charge in [-0.15, -0.1) is 11.3 Å². The van der Waals surface area contributed by atoms with E-state index in [-0.39, 0.29) is 28.6 Å². The maximum absolute atomic E-state index is 13.6. The number of piperidine rings is 1. The van der Waals surface area contributed by atoms with Gasteiger partial charge in [0.25, 0.3) is 11.6 Å². The van der Waals surface area contributed by atoms with E-state index >= 15 is 0 Å². The molecule has 1 saturated carbocycles. The van der Waals surface area contributed by atoms with Crippen LogP contribution >= 0.6 is 11.3 Å². The monoisotopic (exact) mass is 608 g/mol. The van der Waals surface area contributed by atoms with Crippen LogP contribution < -0.4 is 10.6 Å². The fourth-order valence-electron chi connectivity index (χ4n) is 6.81. The maximum Gasteiger partial charge on any atom is 0.293 e. The Hall–Kier alpha value is -4.01. The van der Waals surface area contributed by atoms with E-state index in [1.54, 1.807) is 6.07 Å². The third kappa shape index (κ3) is 7.03. The van der Waals surface area contributed by atoms with Crippen LogP contribution in [0.3, 0.4) is 0 Å². The number of nitro groups is 1. The molecule has 0 unspecified atom stereocenters. The van der Waals surface area contributed by atoms with Crippen molar-refractivity contribution in [3.05, 3.63) is 116 Å². The van der Waals surface area contributed by atoms with Crippen LogP contribution in [0.15, 0.2) is 90.3 Å². The highest BCUT2D eigenvalue weighted by Gasteiger charge is 2.29. The Morgan fingerprint density at radius 2 is 1.59 bits per heavy atom. The number of amides is 1. The third-order valence-electron chi connectivity index (χ3n) is 9.28. The van der Waals surface area contributed by atoms with E-state index in [0.717, 1.165) is 79.6 Å². The summed E-state index contributed by atoms with van der Waals surface area (Å²) in [6.07, 6.45) is 6.72. The fourth-order valence-corrected chi connectivity index (χ4v) is 7.49. The van der Waals surface area contributed by atoms with Crippen molar-refractivity contribution in [1.29, 1.82) is 0 Å². The lowest BCUT2D eigenvalue weighted by Gasteiger charge is -2.36. The van der Waals surface area contributed by atoms with Crippen molar-refractivity contribution >= 4 is 28.6 Å². The van der Waals surface area contributed by atoms with Crippen molar-refractivity contribution in [2.24, 2.45) is 11.7 Å². The fraction of sp³-hybridized carbons (Fsp3) is 0.361. The minimum absolute atomic E-state index is 0.0541. The summed E-state index contributed by atoms with van der Waals surface area (Å²) in [6.45, 7) is 2.11. The van der Waals surface area contributed by atoms with E-state index in [9.17, 15) is 14.9 Å². The summed E-state index contributed by atoms with van der Waals surface area (Å²) in [4.78, 5) is 30.5. The summed E-state index contributed by atoms with van der Waals surface area (Å²) in [5.41, 5.74) is 11.1. The zero-order valence-electron chi connectivity index (χ0n) is 25.0. The Balaban J connectivity index is 1.19. The van der Waals surface area contributed by atoms with Gasteiger partial charge in [-0.1, -0.05) is 60.7 Å². The predicted octanol–water partition coefficient (Wildman–Crippen LogP) is 7.69. The second-order valence-corrected chi connectivity index (χ2v) is 13.2. The van der Waals surface area contributed by atoms with E-state index in [2.05, 4.69) is 35.2 Å². The number of hydrogen-bond acceptors (Lipinski definition) is 6. The zero-order valence-corrected chi connectivity index (χ0v) is 25.8. The molecule has 3 aromatic carbocycles. The lowest BCUT2D eigenvalue weighted by Crippen LogP contribution is -2.43. The van der Waals surface area contributed by atoms with Gasteiger partial charge < -0.3 is 15.5 Å². The van der Waals surface area contributed by atoms with Crippen molar-refractivity contribution in [1.82, 2.24) is 4.90 Å². The first-order valence-electron chi connectivity index (χ1n) is 15.7. The first kappa shape index (κ1) is 30.0. The molecule has 44 heavy (non-hydrogen) atoms. The van der Waals surface area contributed by atoms with Gasteiger partial charge in [0.2, 0.25) is 0 Å². The van der Waals surface area contributed by atoms with E-state index in [0.29, 0.717) is 18.2 Å². The molecule has 1 aliphatic carbocycles. The molecule has 2 fully saturated rings. The molecule has 0 bridgehead atoms. The Morgan fingerprint density at radius 1 is 0.864 bits per heavy atom. The Morgan fingerprint density at radius 3 is 2.30 bits per heavy atom. The van der Waals surface area contributed by atoms with Gasteiger partial charge in [-0.05, 0) is 96.7 Å². The van der Waals surface area contributed by atoms with E-state index in [1.807, 2.05) is 58.8 Å². The summed E-state index contributed by atoms with van der Waals surface area (Å²) < 4.78 is 0. The number of hydrogen-bond donors (Lipinski definition) is 1. The van der Waals surface area contributed by atoms with Crippen LogP contribution in [0.1, 0.15) is 59.3 Å². The van der Waals surface area contributed by atoms with Crippen molar-refractivity contribution in [2.45, 2.75) is 63.6 Å². The summed E-state index contributed by atoms with van der Waals surface area (Å²) >= 11 is 1.47. The highest BCUT2D eigenvalue weighted by Crippen LogP contribution is 2.36. The Bertz CT molecular complexity index is 1560. The number of carbonyl (C=O) groups is 1. The Labute approximate surface area is 263 Å². The molecule has 228 valence electrons. The summed E-state index contributed by atoms with van der Waals surface area (Å²) in [5, 5.41) is 14.2. The number of nitrogens with two attached hydrogens (primary N) is 1. The number of rotatable bonds is 9. The molecule has 1 aliphatic heterocycles. The molecule has 2 N–H and O–H groups in total. The van der Waals surface area contributed by atoms with Crippen LogP contribution in [0, 0.1) is 16.0 Å². The minimum Gasteiger partial charge on any atom is -0.366 e. The van der Waals surface area contributed by atoms with Crippen molar-refractivity contribution in [2.75, 3.05) is 18.0 Å². The van der Waals surface area contributed by atoms with Crippen LogP contribution in [0.5, 0.6) is 0 Å². The van der Waals surface area contributed by atoms with E-state index in [1.165, 1.54) is 16.9 Å². The van der Waals surface area contributed by atoms with Crippen molar-refractivity contribution in [3.8, 4) is 11.1 Å². The molecule has 2 heterocycles. The number of nitrogens with zero attached hydrogens (tertiary/aromatic N) is 3. The average molecular weight is 609 g/mol. The highest BCUT2D eigenvalue weighted by molar-refractivity contribution is 7.12. The molecule has 1 amide bonds. The normalized spacial score (nSPS) is 19.1. The third-order valence-corrected chi connectivity index (χ3v) is 10.1. The van der Waals surface area contributed by atoms with Crippen LogP contribution in [0.4, 0.5) is 11.4 Å². The molecule has 0 spiro atoms. The smallest absolute Gasteiger partial charge is 0.293 e. The highest BCUT2D eigenvalue weighted by atomic mass is 32.1. The van der Waals surface area contributed by atoms with Crippen LogP contribution in [0.2, 0.25) is 0 Å². The molecular formula is C36H40N4O3S. The van der Waals surface area contributed by atoms with Gasteiger partial charge in [-0.3, -0.25) is 14.9 Å². The second kappa shape index (κ2) is 13.7. The molecule has 1 aromatic heterocycles. The van der Waals surface area contributed by atoms with Gasteiger partial charge in [-0.25, -0.2) is 0 Å². The molecule has 4 aromatic rings. The molecule has 7 nitrogen and oxygen atoms in total. The number of thiophene rings is 1. The number of anilines is 1. The topological polar surface area (TPSA) is 92.7 Å². The predicted molar refractivity (Wildman–Crippen MR) is 178 cm³/mol. The lowest BCUT2D eigenvalue weighted by atomic mass is 9.90. The summed E-state index contributed by atoms with van der Waals surface area (Å²) in [5.74, 6) is 0.643. The lowest BCUT2D eigenvalue weighted by molar-refractivity contribution is -0.384. The molecular weight excluding hydrogens is 568 g/mol. The zero-order chi connectivity index (χ0) is 30.5. The van der Waals surface area contributed by atoms with Crippen LogP contribution in [-0.2, 0) is 13.0 Å². The number of benzene rings is 3. The van der Waals surface area contributed by atoms with Gasteiger partial charge in [0.05, 0.1) is 9.80 Å². The van der Waals surface area contributed by atoms with Gasteiger partial charge in [0, 0.05) is 37.8 Å². The van der Waals surface area contributed by atoms with Gasteiger partial charge in [0.15, 0.2) is 0 Å².